The molecule has 2 unspecified atom stereocenters. The molecule has 2 amide bonds. The third-order valence-corrected chi connectivity index (χ3v) is 5.93. The first-order chi connectivity index (χ1) is 15.4. The number of nitrogens with zero attached hydrogens (tertiary/aromatic N) is 2. The Labute approximate surface area is 187 Å². The standard InChI is InChI=1S/C22H31N5O5/c1-13(24-22(29)30)4-5-14-6-7-15(8-14)17-11-19(27-26-17)25-20(28)9-16-10-21(32-3)23-12-18(16)31-2/h10-15,24H,4-9H2,1-3H3,(H,29,30)(H2,25,26,27,28)/t13-,14?,15?/m0/s1. The Bertz CT molecular complexity index is 931. The van der Waals surface area contributed by atoms with E-state index in [1.807, 2.05) is 13.0 Å². The largest absolute Gasteiger partial charge is 0.495 e. The summed E-state index contributed by atoms with van der Waals surface area (Å²) >= 11 is 0. The highest BCUT2D eigenvalue weighted by Gasteiger charge is 2.27. The fraction of sp³-hybridized carbons (Fsp3) is 0.545. The molecule has 1 aliphatic rings. The Balaban J connectivity index is 1.51. The summed E-state index contributed by atoms with van der Waals surface area (Å²) in [4.78, 5) is 27.3. The van der Waals surface area contributed by atoms with Gasteiger partial charge in [-0.2, -0.15) is 5.10 Å². The highest BCUT2D eigenvalue weighted by Crippen LogP contribution is 2.40. The number of ether oxygens (including phenoxy) is 2. The second-order valence-electron chi connectivity index (χ2n) is 8.28. The number of H-pyrrole nitrogens is 1. The van der Waals surface area contributed by atoms with Crippen LogP contribution in [0.2, 0.25) is 0 Å². The van der Waals surface area contributed by atoms with Crippen LogP contribution in [0.25, 0.3) is 0 Å². The van der Waals surface area contributed by atoms with Crippen molar-refractivity contribution in [2.75, 3.05) is 19.5 Å². The normalized spacial score (nSPS) is 18.7. The zero-order valence-corrected chi connectivity index (χ0v) is 18.7. The molecular weight excluding hydrogens is 414 g/mol. The van der Waals surface area contributed by atoms with Gasteiger partial charge in [0.2, 0.25) is 11.8 Å². The van der Waals surface area contributed by atoms with Gasteiger partial charge < -0.3 is 25.2 Å². The predicted octanol–water partition coefficient (Wildman–Crippen LogP) is 3.32. The topological polar surface area (TPSA) is 138 Å². The number of amides is 2. The van der Waals surface area contributed by atoms with Crippen LogP contribution >= 0.6 is 0 Å². The van der Waals surface area contributed by atoms with E-state index in [0.717, 1.165) is 37.8 Å². The first-order valence-electron chi connectivity index (χ1n) is 10.8. The SMILES string of the molecule is COc1cc(CC(=O)Nc2cc(C3CCC(CC[C@H](C)NC(=O)O)C3)[nH]n2)c(OC)cn1. The minimum Gasteiger partial charge on any atom is -0.495 e. The lowest BCUT2D eigenvalue weighted by atomic mass is 9.96. The van der Waals surface area contributed by atoms with Crippen LogP contribution in [0.1, 0.15) is 56.2 Å². The number of nitrogens with one attached hydrogen (secondary N) is 3. The summed E-state index contributed by atoms with van der Waals surface area (Å²) in [5.74, 6) is 2.15. The van der Waals surface area contributed by atoms with Gasteiger partial charge in [0.05, 0.1) is 26.8 Å². The van der Waals surface area contributed by atoms with Gasteiger partial charge >= 0.3 is 6.09 Å². The van der Waals surface area contributed by atoms with E-state index in [2.05, 4.69) is 25.8 Å². The Morgan fingerprint density at radius 1 is 1.28 bits per heavy atom. The van der Waals surface area contributed by atoms with E-state index in [9.17, 15) is 9.59 Å². The van der Waals surface area contributed by atoms with Gasteiger partial charge in [-0.15, -0.1) is 0 Å². The van der Waals surface area contributed by atoms with Gasteiger partial charge in [-0.3, -0.25) is 9.89 Å². The van der Waals surface area contributed by atoms with Gasteiger partial charge in [-0.25, -0.2) is 9.78 Å². The second-order valence-corrected chi connectivity index (χ2v) is 8.28. The summed E-state index contributed by atoms with van der Waals surface area (Å²) in [6.07, 6.45) is 5.68. The number of aromatic amines is 1. The fourth-order valence-electron chi connectivity index (χ4n) is 4.25. The van der Waals surface area contributed by atoms with Gasteiger partial charge in [0.25, 0.3) is 0 Å². The van der Waals surface area contributed by atoms with Gasteiger partial charge in [-0.05, 0) is 44.9 Å². The molecule has 1 aliphatic carbocycles. The number of carbonyl (C=O) groups excluding carboxylic acids is 1. The van der Waals surface area contributed by atoms with Crippen molar-refractivity contribution in [3.63, 3.8) is 0 Å². The predicted molar refractivity (Wildman–Crippen MR) is 118 cm³/mol. The van der Waals surface area contributed by atoms with E-state index in [1.165, 1.54) is 20.4 Å². The molecule has 174 valence electrons. The molecule has 10 heteroatoms. The summed E-state index contributed by atoms with van der Waals surface area (Å²) in [5, 5.41) is 21.4. The molecule has 32 heavy (non-hydrogen) atoms. The molecule has 0 spiro atoms. The van der Waals surface area contributed by atoms with Crippen molar-refractivity contribution >= 4 is 17.8 Å². The number of hydrogen-bond donors (Lipinski definition) is 4. The molecule has 0 bridgehead atoms. The lowest BCUT2D eigenvalue weighted by Gasteiger charge is -2.14. The third kappa shape index (κ3) is 6.35. The number of hydrogen-bond acceptors (Lipinski definition) is 6. The van der Waals surface area contributed by atoms with E-state index < -0.39 is 6.09 Å². The fourth-order valence-corrected chi connectivity index (χ4v) is 4.25. The van der Waals surface area contributed by atoms with Crippen molar-refractivity contribution in [3.8, 4) is 11.6 Å². The number of carboxylic acid groups (broad SMARTS) is 1. The van der Waals surface area contributed by atoms with Crippen LogP contribution in [0.3, 0.4) is 0 Å². The molecule has 0 aliphatic heterocycles. The lowest BCUT2D eigenvalue weighted by Crippen LogP contribution is -2.31. The molecule has 2 heterocycles. The van der Waals surface area contributed by atoms with E-state index in [0.29, 0.717) is 34.8 Å². The van der Waals surface area contributed by atoms with Crippen molar-refractivity contribution in [1.29, 1.82) is 0 Å². The quantitative estimate of drug-likeness (QED) is 0.440. The number of anilines is 1. The summed E-state index contributed by atoms with van der Waals surface area (Å²) in [5.41, 5.74) is 1.69. The zero-order chi connectivity index (χ0) is 23.1. The minimum atomic E-state index is -0.977. The molecule has 2 aromatic heterocycles. The van der Waals surface area contributed by atoms with E-state index in [-0.39, 0.29) is 18.4 Å². The van der Waals surface area contributed by atoms with Crippen molar-refractivity contribution in [2.24, 2.45) is 5.92 Å². The summed E-state index contributed by atoms with van der Waals surface area (Å²) in [7, 11) is 3.05. The Morgan fingerprint density at radius 3 is 2.81 bits per heavy atom. The van der Waals surface area contributed by atoms with Crippen molar-refractivity contribution in [3.05, 3.63) is 29.6 Å². The second kappa shape index (κ2) is 10.8. The maximum absolute atomic E-state index is 12.5. The highest BCUT2D eigenvalue weighted by atomic mass is 16.5. The van der Waals surface area contributed by atoms with Crippen LogP contribution in [0, 0.1) is 5.92 Å². The van der Waals surface area contributed by atoms with Crippen LogP contribution in [-0.2, 0) is 11.2 Å². The lowest BCUT2D eigenvalue weighted by molar-refractivity contribution is -0.115. The van der Waals surface area contributed by atoms with Gasteiger partial charge in [-0.1, -0.05) is 0 Å². The molecule has 3 rings (SSSR count). The molecule has 10 nitrogen and oxygen atoms in total. The van der Waals surface area contributed by atoms with Crippen LogP contribution in [0.15, 0.2) is 18.3 Å². The van der Waals surface area contributed by atoms with Gasteiger partial charge in [0.1, 0.15) is 5.75 Å². The molecule has 0 aromatic carbocycles. The first kappa shape index (κ1) is 23.4. The zero-order valence-electron chi connectivity index (χ0n) is 18.7. The number of carbonyl (C=O) groups is 2. The molecule has 2 aromatic rings. The van der Waals surface area contributed by atoms with E-state index >= 15 is 0 Å². The maximum Gasteiger partial charge on any atom is 0.404 e. The molecule has 1 saturated carbocycles. The molecule has 3 atom stereocenters. The van der Waals surface area contributed by atoms with Crippen molar-refractivity contribution in [1.82, 2.24) is 20.5 Å². The number of pyridine rings is 1. The van der Waals surface area contributed by atoms with Crippen LogP contribution < -0.4 is 20.1 Å². The van der Waals surface area contributed by atoms with Crippen LogP contribution in [0.5, 0.6) is 11.6 Å². The van der Waals surface area contributed by atoms with E-state index in [1.54, 1.807) is 6.07 Å². The molecule has 0 saturated heterocycles. The van der Waals surface area contributed by atoms with Crippen LogP contribution in [0.4, 0.5) is 10.6 Å². The average molecular weight is 446 g/mol. The van der Waals surface area contributed by atoms with E-state index in [4.69, 9.17) is 14.6 Å². The monoisotopic (exact) mass is 445 g/mol. The maximum atomic E-state index is 12.5. The Kier molecular flexibility index (Phi) is 7.91. The molecule has 4 N–H and O–H groups in total. The molecular formula is C22H31N5O5. The van der Waals surface area contributed by atoms with Gasteiger partial charge in [0.15, 0.2) is 5.82 Å². The number of rotatable bonds is 10. The highest BCUT2D eigenvalue weighted by molar-refractivity contribution is 5.91. The Morgan fingerprint density at radius 2 is 2.09 bits per heavy atom. The minimum absolute atomic E-state index is 0.0421. The summed E-state index contributed by atoms with van der Waals surface area (Å²) in [6.45, 7) is 1.89. The summed E-state index contributed by atoms with van der Waals surface area (Å²) in [6, 6.07) is 3.53. The molecule has 0 radical (unpaired) electrons. The number of methoxy groups -OCH3 is 2. The van der Waals surface area contributed by atoms with Crippen molar-refractivity contribution in [2.45, 2.75) is 57.4 Å². The third-order valence-electron chi connectivity index (χ3n) is 5.93. The average Bonchev–Trinajstić information content (AvgIpc) is 3.41. The van der Waals surface area contributed by atoms with Crippen LogP contribution in [-0.4, -0.2) is 52.5 Å². The smallest absolute Gasteiger partial charge is 0.404 e. The Hall–Kier alpha value is -3.30. The van der Waals surface area contributed by atoms with Gasteiger partial charge in [0, 0.05) is 35.3 Å². The molecule has 1 fully saturated rings. The number of aromatic nitrogens is 3. The van der Waals surface area contributed by atoms with Crippen molar-refractivity contribution < 1.29 is 24.2 Å². The first-order valence-corrected chi connectivity index (χ1v) is 10.8. The summed E-state index contributed by atoms with van der Waals surface area (Å²) < 4.78 is 10.4.